The number of aryl methyl sites for hydroxylation is 2. The van der Waals surface area contributed by atoms with E-state index >= 15 is 0 Å². The predicted octanol–water partition coefficient (Wildman–Crippen LogP) is 8.68. The van der Waals surface area contributed by atoms with Gasteiger partial charge in [0.2, 0.25) is 6.41 Å². The average molecular weight is 655 g/mol. The number of rotatable bonds is 15. The van der Waals surface area contributed by atoms with Gasteiger partial charge in [0.25, 0.3) is 5.56 Å². The van der Waals surface area contributed by atoms with Crippen LogP contribution in [0.5, 0.6) is 5.75 Å². The number of carbonyl (C=O) groups excluding carboxylic acids is 1. The predicted molar refractivity (Wildman–Crippen MR) is 198 cm³/mol. The van der Waals surface area contributed by atoms with E-state index in [4.69, 9.17) is 9.72 Å². The fourth-order valence-corrected chi connectivity index (χ4v) is 5.83. The first-order valence-electron chi connectivity index (χ1n) is 16.9. The molecule has 1 heterocycles. The first kappa shape index (κ1) is 39.5. The summed E-state index contributed by atoms with van der Waals surface area (Å²) in [5.74, 6) is 1.65. The summed E-state index contributed by atoms with van der Waals surface area (Å²) in [4.78, 5) is 30.2. The van der Waals surface area contributed by atoms with Gasteiger partial charge in [-0.25, -0.2) is 4.98 Å². The number of aromatic nitrogens is 2. The van der Waals surface area contributed by atoms with Crippen molar-refractivity contribution in [1.29, 1.82) is 0 Å². The second-order valence-electron chi connectivity index (χ2n) is 11.8. The van der Waals surface area contributed by atoms with Crippen molar-refractivity contribution < 1.29 is 14.7 Å². The Balaban J connectivity index is 0.00000392. The summed E-state index contributed by atoms with van der Waals surface area (Å²) in [5, 5.41) is 15.1. The molecule has 0 unspecified atom stereocenters. The van der Waals surface area contributed by atoms with Crippen molar-refractivity contribution in [2.24, 2.45) is 5.16 Å². The van der Waals surface area contributed by atoms with Crippen LogP contribution in [0.15, 0.2) is 107 Å². The summed E-state index contributed by atoms with van der Waals surface area (Å²) in [5.41, 5.74) is 5.86. The van der Waals surface area contributed by atoms with E-state index in [1.165, 1.54) is 19.3 Å². The van der Waals surface area contributed by atoms with E-state index in [2.05, 4.69) is 37.1 Å². The highest BCUT2D eigenvalue weighted by molar-refractivity contribution is 6.06. The van der Waals surface area contributed by atoms with Gasteiger partial charge in [0.05, 0.1) is 17.5 Å². The van der Waals surface area contributed by atoms with Crippen molar-refractivity contribution in [3.05, 3.63) is 124 Å². The fourth-order valence-electron chi connectivity index (χ4n) is 5.83. The summed E-state index contributed by atoms with van der Waals surface area (Å²) in [6.45, 7) is 19.8. The monoisotopic (exact) mass is 654 g/mol. The van der Waals surface area contributed by atoms with Gasteiger partial charge in [-0.3, -0.25) is 14.2 Å². The number of carbonyl (C=O) groups is 1. The van der Waals surface area contributed by atoms with Gasteiger partial charge in [-0.1, -0.05) is 80.0 Å². The van der Waals surface area contributed by atoms with Crippen LogP contribution >= 0.6 is 0 Å². The Hall–Kier alpha value is -4.72. The number of allylic oxidation sites excluding steroid dienone is 7. The Bertz CT molecular complexity index is 1570. The van der Waals surface area contributed by atoms with Gasteiger partial charge in [0.1, 0.15) is 11.6 Å². The largest absolute Gasteiger partial charge is 0.490 e. The molecule has 1 aliphatic rings. The molecule has 0 aliphatic heterocycles. The second-order valence-corrected chi connectivity index (χ2v) is 11.8. The van der Waals surface area contributed by atoms with Crippen molar-refractivity contribution in [3.63, 3.8) is 0 Å². The lowest BCUT2D eigenvalue weighted by atomic mass is 9.96. The number of oxime groups is 1. The van der Waals surface area contributed by atoms with Gasteiger partial charge < -0.3 is 15.3 Å². The lowest BCUT2D eigenvalue weighted by molar-refractivity contribution is -0.108. The van der Waals surface area contributed by atoms with Crippen LogP contribution in [0, 0.1) is 0 Å². The van der Waals surface area contributed by atoms with Crippen LogP contribution in [-0.4, -0.2) is 33.1 Å². The van der Waals surface area contributed by atoms with E-state index in [0.717, 1.165) is 70.9 Å². The molecule has 0 spiro atoms. The molecule has 1 aliphatic carbocycles. The zero-order valence-electron chi connectivity index (χ0n) is 29.6. The third-order valence-corrected chi connectivity index (χ3v) is 8.19. The molecule has 0 atom stereocenters. The van der Waals surface area contributed by atoms with Crippen LogP contribution in [0.25, 0.3) is 5.69 Å². The van der Waals surface area contributed by atoms with Crippen LogP contribution in [0.1, 0.15) is 96.6 Å². The molecule has 0 saturated heterocycles. The SMILES string of the molecule is C=C.C=C/C=C(C(=C/C)\C/C(C)=C/C=C(\C)Cc1c(CCC)nc(CC)n(-c2ccc(OC3CCCCC3)cc2)c1=O)/C(=N/O)NC=O. The minimum absolute atomic E-state index is 0.0291. The minimum Gasteiger partial charge on any atom is -0.490 e. The highest BCUT2D eigenvalue weighted by Gasteiger charge is 2.19. The molecule has 48 heavy (non-hydrogen) atoms. The number of amides is 1. The Morgan fingerprint density at radius 1 is 1.08 bits per heavy atom. The van der Waals surface area contributed by atoms with Gasteiger partial charge in [0.15, 0.2) is 5.84 Å². The van der Waals surface area contributed by atoms with Crippen LogP contribution in [0.4, 0.5) is 0 Å². The summed E-state index contributed by atoms with van der Waals surface area (Å²) >= 11 is 0. The number of amidine groups is 1. The summed E-state index contributed by atoms with van der Waals surface area (Å²) < 4.78 is 7.99. The molecule has 8 heteroatoms. The molecule has 1 fully saturated rings. The molecule has 3 rings (SSSR count). The maximum Gasteiger partial charge on any atom is 0.261 e. The van der Waals surface area contributed by atoms with Crippen molar-refractivity contribution >= 4 is 12.2 Å². The van der Waals surface area contributed by atoms with Crippen LogP contribution in [0.2, 0.25) is 0 Å². The average Bonchev–Trinajstić information content (AvgIpc) is 3.11. The summed E-state index contributed by atoms with van der Waals surface area (Å²) in [6.07, 6.45) is 19.2. The zero-order valence-corrected chi connectivity index (χ0v) is 29.6. The molecular weight excluding hydrogens is 600 g/mol. The highest BCUT2D eigenvalue weighted by Crippen LogP contribution is 2.25. The maximum atomic E-state index is 14.2. The normalized spacial score (nSPS) is 15.0. The van der Waals surface area contributed by atoms with Crippen LogP contribution in [0.3, 0.4) is 0 Å². The molecule has 1 amide bonds. The van der Waals surface area contributed by atoms with Gasteiger partial charge in [-0.05, 0) is 89.1 Å². The standard InChI is InChI=1S/C38H50N4O4.C2H4/c1-7-14-33(37(41-45)39-26-43)29(9-3)24-27(5)18-19-28(6)25-34-35(15-8-2)40-36(10-4)42(38(34)44)30-20-22-32(23-21-30)46-31-16-12-11-13-17-31;1-2/h7,9,14,18-23,26,31,45H,1,8,10-13,15-17,24-25H2,2-6H3,(H,39,41,43);1-2H2/b27-18+,28-19+,29-9-,33-14+;. The minimum atomic E-state index is -0.0291. The molecule has 1 aromatic carbocycles. The van der Waals surface area contributed by atoms with E-state index < -0.39 is 0 Å². The van der Waals surface area contributed by atoms with Gasteiger partial charge in [-0.2, -0.15) is 0 Å². The van der Waals surface area contributed by atoms with E-state index in [-0.39, 0.29) is 17.5 Å². The Morgan fingerprint density at radius 2 is 1.75 bits per heavy atom. The van der Waals surface area contributed by atoms with Crippen molar-refractivity contribution in [2.75, 3.05) is 0 Å². The third kappa shape index (κ3) is 11.2. The molecule has 0 radical (unpaired) electrons. The zero-order chi connectivity index (χ0) is 35.5. The van der Waals surface area contributed by atoms with Crippen LogP contribution in [-0.2, 0) is 24.1 Å². The molecule has 1 aromatic heterocycles. The number of nitrogens with zero attached hydrogens (tertiary/aromatic N) is 3. The summed E-state index contributed by atoms with van der Waals surface area (Å²) in [7, 11) is 0. The van der Waals surface area contributed by atoms with Crippen molar-refractivity contribution in [3.8, 4) is 11.4 Å². The highest BCUT2D eigenvalue weighted by atomic mass is 16.5. The van der Waals surface area contributed by atoms with Crippen molar-refractivity contribution in [2.45, 2.75) is 105 Å². The van der Waals surface area contributed by atoms with Gasteiger partial charge >= 0.3 is 0 Å². The molecule has 2 aromatic rings. The molecule has 258 valence electrons. The second kappa shape index (κ2) is 21.2. The van der Waals surface area contributed by atoms with E-state index in [1.54, 1.807) is 16.7 Å². The molecular formula is C40H54N4O4. The number of hydrogen-bond donors (Lipinski definition) is 2. The Labute approximate surface area is 287 Å². The lowest BCUT2D eigenvalue weighted by Gasteiger charge is -2.23. The molecule has 1 saturated carbocycles. The summed E-state index contributed by atoms with van der Waals surface area (Å²) in [6, 6.07) is 7.86. The molecule has 8 nitrogen and oxygen atoms in total. The number of hydrogen-bond acceptors (Lipinski definition) is 6. The molecule has 2 N–H and O–H groups in total. The third-order valence-electron chi connectivity index (χ3n) is 8.19. The Morgan fingerprint density at radius 3 is 2.31 bits per heavy atom. The topological polar surface area (TPSA) is 106 Å². The first-order chi connectivity index (χ1) is 23.3. The molecule has 0 bridgehead atoms. The number of ether oxygens (including phenoxy) is 1. The number of benzene rings is 1. The van der Waals surface area contributed by atoms with Crippen molar-refractivity contribution in [1.82, 2.24) is 14.9 Å². The maximum absolute atomic E-state index is 14.2. The van der Waals surface area contributed by atoms with E-state index in [9.17, 15) is 14.8 Å². The van der Waals surface area contributed by atoms with E-state index in [0.29, 0.717) is 31.2 Å². The smallest absolute Gasteiger partial charge is 0.261 e. The van der Waals surface area contributed by atoms with Crippen LogP contribution < -0.4 is 15.6 Å². The van der Waals surface area contributed by atoms with Gasteiger partial charge in [-0.15, -0.1) is 13.2 Å². The quantitative estimate of drug-likeness (QED) is 0.0380. The Kier molecular flexibility index (Phi) is 17.4. The van der Waals surface area contributed by atoms with E-state index in [1.807, 2.05) is 70.2 Å². The fraction of sp³-hybridized carbons (Fsp3) is 0.400. The number of nitrogens with one attached hydrogen (secondary N) is 1. The first-order valence-corrected chi connectivity index (χ1v) is 16.9. The lowest BCUT2D eigenvalue weighted by Crippen LogP contribution is -2.29. The van der Waals surface area contributed by atoms with Gasteiger partial charge in [0, 0.05) is 24.0 Å².